The molecule has 0 aliphatic carbocycles. The first kappa shape index (κ1) is 12.0. The van der Waals surface area contributed by atoms with Gasteiger partial charge in [-0.1, -0.05) is 25.4 Å². The lowest BCUT2D eigenvalue weighted by Gasteiger charge is -2.04. The molecule has 0 saturated heterocycles. The first-order chi connectivity index (χ1) is 8.22. The predicted octanol–water partition coefficient (Wildman–Crippen LogP) is 2.50. The first-order valence-electron chi connectivity index (χ1n) is 5.76. The molecule has 0 spiro atoms. The number of rotatable bonds is 4. The van der Waals surface area contributed by atoms with E-state index >= 15 is 0 Å². The molecule has 0 radical (unpaired) electrons. The summed E-state index contributed by atoms with van der Waals surface area (Å²) in [5.41, 5.74) is 1.09. The minimum absolute atomic E-state index is 0.511. The van der Waals surface area contributed by atoms with Crippen molar-refractivity contribution < 1.29 is 0 Å². The lowest BCUT2D eigenvalue weighted by molar-refractivity contribution is 0.636. The summed E-state index contributed by atoms with van der Waals surface area (Å²) in [5, 5.41) is 4.98. The van der Waals surface area contributed by atoms with E-state index in [1.807, 2.05) is 16.8 Å². The smallest absolute Gasteiger partial charge is 0.150 e. The molecular weight excluding hydrogens is 236 g/mol. The van der Waals surface area contributed by atoms with E-state index in [2.05, 4.69) is 28.9 Å². The van der Waals surface area contributed by atoms with E-state index in [0.717, 1.165) is 30.1 Å². The van der Waals surface area contributed by atoms with E-state index in [1.54, 1.807) is 6.20 Å². The number of hydrogen-bond donors (Lipinski definition) is 0. The number of aryl methyl sites for hydroxylation is 2. The van der Waals surface area contributed by atoms with Gasteiger partial charge in [0.1, 0.15) is 11.0 Å². The van der Waals surface area contributed by atoms with E-state index in [1.165, 1.54) is 0 Å². The fraction of sp³-hybridized carbons (Fsp3) is 0.417. The minimum Gasteiger partial charge on any atom is -0.245 e. The lowest BCUT2D eigenvalue weighted by Crippen LogP contribution is -2.06. The van der Waals surface area contributed by atoms with Crippen LogP contribution < -0.4 is 0 Å². The quantitative estimate of drug-likeness (QED) is 0.783. The van der Waals surface area contributed by atoms with Gasteiger partial charge in [0.05, 0.1) is 6.54 Å². The van der Waals surface area contributed by atoms with Crippen molar-refractivity contribution in [3.8, 4) is 0 Å². The molecule has 0 aliphatic rings. The molecule has 2 heterocycles. The molecule has 0 saturated carbocycles. The molecule has 2 aromatic heterocycles. The summed E-state index contributed by atoms with van der Waals surface area (Å²) in [6.07, 6.45) is 3.45. The Morgan fingerprint density at radius 2 is 2.12 bits per heavy atom. The topological polar surface area (TPSA) is 43.6 Å². The summed E-state index contributed by atoms with van der Waals surface area (Å²) in [5.74, 6) is 1.90. The Kier molecular flexibility index (Phi) is 3.74. The van der Waals surface area contributed by atoms with Gasteiger partial charge in [0.15, 0.2) is 5.82 Å². The van der Waals surface area contributed by atoms with Crippen LogP contribution in [0.5, 0.6) is 0 Å². The molecule has 2 aromatic rings. The van der Waals surface area contributed by atoms with Gasteiger partial charge in [0.2, 0.25) is 0 Å². The molecular formula is C12H15ClN4. The van der Waals surface area contributed by atoms with Crippen molar-refractivity contribution in [3.63, 3.8) is 0 Å². The molecule has 2 rings (SSSR count). The molecule has 5 heteroatoms. The van der Waals surface area contributed by atoms with E-state index in [0.29, 0.717) is 11.7 Å². The van der Waals surface area contributed by atoms with E-state index < -0.39 is 0 Å². The summed E-state index contributed by atoms with van der Waals surface area (Å²) < 4.78 is 1.94. The minimum atomic E-state index is 0.511. The normalized spacial score (nSPS) is 10.8. The van der Waals surface area contributed by atoms with Gasteiger partial charge in [-0.2, -0.15) is 5.10 Å². The second-order valence-corrected chi connectivity index (χ2v) is 4.18. The molecule has 17 heavy (non-hydrogen) atoms. The van der Waals surface area contributed by atoms with Crippen LogP contribution in [0.2, 0.25) is 5.15 Å². The van der Waals surface area contributed by atoms with Crippen LogP contribution in [0.15, 0.2) is 18.3 Å². The number of halogens is 1. The van der Waals surface area contributed by atoms with Gasteiger partial charge in [-0.3, -0.25) is 0 Å². The van der Waals surface area contributed by atoms with Crippen molar-refractivity contribution in [3.05, 3.63) is 40.7 Å². The highest BCUT2D eigenvalue weighted by Crippen LogP contribution is 2.10. The van der Waals surface area contributed by atoms with Crippen LogP contribution in [-0.2, 0) is 19.4 Å². The molecule has 4 nitrogen and oxygen atoms in total. The summed E-state index contributed by atoms with van der Waals surface area (Å²) in [4.78, 5) is 8.43. The molecule has 0 unspecified atom stereocenters. The van der Waals surface area contributed by atoms with Crippen molar-refractivity contribution >= 4 is 11.6 Å². The Morgan fingerprint density at radius 1 is 1.29 bits per heavy atom. The zero-order valence-electron chi connectivity index (χ0n) is 10.0. The van der Waals surface area contributed by atoms with E-state index in [4.69, 9.17) is 11.6 Å². The molecule has 90 valence electrons. The molecule has 0 amide bonds. The standard InChI is InChI=1S/C12H15ClN4/c1-3-11-15-12(4-2)17(16-11)8-9-5-6-14-10(13)7-9/h5-7H,3-4,8H2,1-2H3. The van der Waals surface area contributed by atoms with Crippen molar-refractivity contribution in [2.45, 2.75) is 33.2 Å². The molecule has 0 aliphatic heterocycles. The Labute approximate surface area is 106 Å². The second-order valence-electron chi connectivity index (χ2n) is 3.80. The zero-order valence-corrected chi connectivity index (χ0v) is 10.8. The van der Waals surface area contributed by atoms with E-state index in [-0.39, 0.29) is 0 Å². The van der Waals surface area contributed by atoms with Gasteiger partial charge >= 0.3 is 0 Å². The van der Waals surface area contributed by atoms with Gasteiger partial charge in [0, 0.05) is 19.0 Å². The highest BCUT2D eigenvalue weighted by Gasteiger charge is 2.07. The first-order valence-corrected chi connectivity index (χ1v) is 6.13. The van der Waals surface area contributed by atoms with Gasteiger partial charge < -0.3 is 0 Å². The lowest BCUT2D eigenvalue weighted by atomic mass is 10.3. The van der Waals surface area contributed by atoms with Crippen molar-refractivity contribution in [2.75, 3.05) is 0 Å². The Balaban J connectivity index is 2.25. The van der Waals surface area contributed by atoms with Crippen LogP contribution in [-0.4, -0.2) is 19.7 Å². The fourth-order valence-corrected chi connectivity index (χ4v) is 1.87. The van der Waals surface area contributed by atoms with Crippen LogP contribution >= 0.6 is 11.6 Å². The van der Waals surface area contributed by atoms with Crippen molar-refractivity contribution in [1.82, 2.24) is 19.7 Å². The second kappa shape index (κ2) is 5.27. The number of aromatic nitrogens is 4. The Bertz CT molecular complexity index is 507. The van der Waals surface area contributed by atoms with Gasteiger partial charge in [-0.05, 0) is 17.7 Å². The predicted molar refractivity (Wildman–Crippen MR) is 67.1 cm³/mol. The third kappa shape index (κ3) is 2.82. The molecule has 0 fully saturated rings. The van der Waals surface area contributed by atoms with Crippen LogP contribution in [0.3, 0.4) is 0 Å². The van der Waals surface area contributed by atoms with Crippen LogP contribution in [0.1, 0.15) is 31.1 Å². The van der Waals surface area contributed by atoms with Crippen LogP contribution in [0.4, 0.5) is 0 Å². The maximum Gasteiger partial charge on any atom is 0.150 e. The highest BCUT2D eigenvalue weighted by molar-refractivity contribution is 6.29. The van der Waals surface area contributed by atoms with Gasteiger partial charge in [0.25, 0.3) is 0 Å². The number of nitrogens with zero attached hydrogens (tertiary/aromatic N) is 4. The van der Waals surface area contributed by atoms with Crippen molar-refractivity contribution in [1.29, 1.82) is 0 Å². The Hall–Kier alpha value is -1.42. The van der Waals surface area contributed by atoms with E-state index in [9.17, 15) is 0 Å². The molecule has 0 N–H and O–H groups in total. The molecule has 0 aromatic carbocycles. The van der Waals surface area contributed by atoms with Gasteiger partial charge in [-0.25, -0.2) is 14.6 Å². The Morgan fingerprint density at radius 3 is 2.76 bits per heavy atom. The number of pyridine rings is 1. The highest BCUT2D eigenvalue weighted by atomic mass is 35.5. The largest absolute Gasteiger partial charge is 0.245 e. The zero-order chi connectivity index (χ0) is 12.3. The summed E-state index contributed by atoms with van der Waals surface area (Å²) in [6, 6.07) is 3.80. The maximum absolute atomic E-state index is 5.86. The maximum atomic E-state index is 5.86. The number of hydrogen-bond acceptors (Lipinski definition) is 3. The molecule has 0 bridgehead atoms. The van der Waals surface area contributed by atoms with Crippen LogP contribution in [0, 0.1) is 0 Å². The average molecular weight is 251 g/mol. The van der Waals surface area contributed by atoms with Gasteiger partial charge in [-0.15, -0.1) is 0 Å². The molecule has 0 atom stereocenters. The SMILES string of the molecule is CCc1nc(CC)n(Cc2ccnc(Cl)c2)n1. The fourth-order valence-electron chi connectivity index (χ4n) is 1.68. The summed E-state index contributed by atoms with van der Waals surface area (Å²) >= 11 is 5.86. The third-order valence-corrected chi connectivity index (χ3v) is 2.75. The average Bonchev–Trinajstić information content (AvgIpc) is 2.71. The third-order valence-electron chi connectivity index (χ3n) is 2.55. The summed E-state index contributed by atoms with van der Waals surface area (Å²) in [6.45, 7) is 4.83. The summed E-state index contributed by atoms with van der Waals surface area (Å²) in [7, 11) is 0. The van der Waals surface area contributed by atoms with Crippen molar-refractivity contribution in [2.24, 2.45) is 0 Å². The monoisotopic (exact) mass is 250 g/mol. The van der Waals surface area contributed by atoms with Crippen LogP contribution in [0.25, 0.3) is 0 Å².